The molecule has 1 fully saturated rings. The zero-order valence-electron chi connectivity index (χ0n) is 16.7. The second-order valence-corrected chi connectivity index (χ2v) is 7.38. The molecule has 0 saturated carbocycles. The van der Waals surface area contributed by atoms with Crippen molar-refractivity contribution in [2.75, 3.05) is 25.5 Å². The Kier molecular flexibility index (Phi) is 6.24. The molecule has 1 saturated heterocycles. The maximum atomic E-state index is 14.3. The van der Waals surface area contributed by atoms with Crippen molar-refractivity contribution in [2.45, 2.75) is 12.5 Å². The van der Waals surface area contributed by atoms with Crippen molar-refractivity contribution in [3.8, 4) is 17.1 Å². The summed E-state index contributed by atoms with van der Waals surface area (Å²) in [6.07, 6.45) is 5.33. The van der Waals surface area contributed by atoms with E-state index in [0.717, 1.165) is 19.5 Å². The third-order valence-corrected chi connectivity index (χ3v) is 5.09. The van der Waals surface area contributed by atoms with Gasteiger partial charge in [0.05, 0.1) is 30.1 Å². The first-order valence-corrected chi connectivity index (χ1v) is 10.0. The van der Waals surface area contributed by atoms with Crippen LogP contribution in [0.1, 0.15) is 16.8 Å². The van der Waals surface area contributed by atoms with Gasteiger partial charge >= 0.3 is 0 Å². The van der Waals surface area contributed by atoms with E-state index in [-0.39, 0.29) is 29.2 Å². The summed E-state index contributed by atoms with van der Waals surface area (Å²) >= 11 is 6.00. The van der Waals surface area contributed by atoms with Gasteiger partial charge in [-0.25, -0.2) is 14.4 Å². The minimum atomic E-state index is -0.505. The minimum Gasteiger partial charge on any atom is -0.491 e. The van der Waals surface area contributed by atoms with Gasteiger partial charge in [0.25, 0.3) is 5.91 Å². The number of hydrogen-bond donors (Lipinski definition) is 3. The van der Waals surface area contributed by atoms with Gasteiger partial charge in [0.2, 0.25) is 0 Å². The number of methoxy groups -OCH3 is 1. The van der Waals surface area contributed by atoms with Crippen molar-refractivity contribution in [3.63, 3.8) is 0 Å². The van der Waals surface area contributed by atoms with Crippen molar-refractivity contribution in [3.05, 3.63) is 59.3 Å². The number of nitrogens with zero attached hydrogens (tertiary/aromatic N) is 3. The zero-order valence-corrected chi connectivity index (χ0v) is 17.4. The molecule has 2 aromatic heterocycles. The largest absolute Gasteiger partial charge is 0.491 e. The third kappa shape index (κ3) is 4.73. The van der Waals surface area contributed by atoms with Gasteiger partial charge in [0, 0.05) is 30.0 Å². The first-order valence-electron chi connectivity index (χ1n) is 9.64. The number of halogens is 2. The molecule has 3 N–H and O–H groups in total. The van der Waals surface area contributed by atoms with E-state index in [0.29, 0.717) is 22.0 Å². The Balaban J connectivity index is 1.66. The van der Waals surface area contributed by atoms with Crippen LogP contribution >= 0.6 is 11.6 Å². The van der Waals surface area contributed by atoms with Gasteiger partial charge in [-0.1, -0.05) is 11.6 Å². The lowest BCUT2D eigenvalue weighted by Gasteiger charge is -2.16. The van der Waals surface area contributed by atoms with Crippen molar-refractivity contribution in [1.82, 2.24) is 25.6 Å². The van der Waals surface area contributed by atoms with Crippen LogP contribution in [-0.2, 0) is 0 Å². The van der Waals surface area contributed by atoms with E-state index in [1.165, 1.54) is 37.7 Å². The molecule has 1 amide bonds. The summed E-state index contributed by atoms with van der Waals surface area (Å²) in [5, 5.41) is 9.66. The molecule has 1 aliphatic rings. The van der Waals surface area contributed by atoms with Crippen LogP contribution in [0.4, 0.5) is 15.9 Å². The van der Waals surface area contributed by atoms with Gasteiger partial charge in [-0.05, 0) is 37.2 Å². The monoisotopic (exact) mass is 442 g/mol. The molecule has 10 heteroatoms. The molecule has 0 bridgehead atoms. The van der Waals surface area contributed by atoms with E-state index in [2.05, 4.69) is 30.9 Å². The second-order valence-electron chi connectivity index (χ2n) is 6.94. The summed E-state index contributed by atoms with van der Waals surface area (Å²) in [6, 6.07) is 5.87. The highest BCUT2D eigenvalue weighted by molar-refractivity contribution is 6.30. The zero-order chi connectivity index (χ0) is 21.8. The fourth-order valence-corrected chi connectivity index (χ4v) is 3.43. The fourth-order valence-electron chi connectivity index (χ4n) is 3.26. The summed E-state index contributed by atoms with van der Waals surface area (Å²) in [6.45, 7) is 1.59. The molecule has 4 rings (SSSR count). The van der Waals surface area contributed by atoms with E-state index in [1.54, 1.807) is 12.3 Å². The Hall–Kier alpha value is -3.30. The lowest BCUT2D eigenvalue weighted by atomic mass is 10.2. The van der Waals surface area contributed by atoms with Crippen LogP contribution in [0.5, 0.6) is 5.75 Å². The highest BCUT2D eigenvalue weighted by Gasteiger charge is 2.21. The highest BCUT2D eigenvalue weighted by atomic mass is 35.5. The van der Waals surface area contributed by atoms with E-state index < -0.39 is 5.82 Å². The van der Waals surface area contributed by atoms with E-state index in [4.69, 9.17) is 16.3 Å². The lowest BCUT2D eigenvalue weighted by molar-refractivity contribution is 0.0940. The topological polar surface area (TPSA) is 101 Å². The average Bonchev–Trinajstić information content (AvgIpc) is 3.29. The van der Waals surface area contributed by atoms with Gasteiger partial charge in [-0.2, -0.15) is 0 Å². The molecule has 1 aliphatic heterocycles. The van der Waals surface area contributed by atoms with Crippen molar-refractivity contribution in [1.29, 1.82) is 0 Å². The van der Waals surface area contributed by atoms with Crippen molar-refractivity contribution < 1.29 is 13.9 Å². The maximum Gasteiger partial charge on any atom is 0.255 e. The van der Waals surface area contributed by atoms with E-state index in [1.807, 2.05) is 0 Å². The molecule has 8 nitrogen and oxygen atoms in total. The number of anilines is 2. The number of ether oxygens (including phenoxy) is 1. The number of benzene rings is 1. The number of carbonyl (C=O) groups is 1. The maximum absolute atomic E-state index is 14.3. The van der Waals surface area contributed by atoms with Crippen LogP contribution < -0.4 is 20.7 Å². The number of amides is 1. The van der Waals surface area contributed by atoms with Crippen LogP contribution in [0.2, 0.25) is 5.02 Å². The van der Waals surface area contributed by atoms with Crippen LogP contribution in [-0.4, -0.2) is 47.1 Å². The molecule has 0 spiro atoms. The SMILES string of the molecule is COc1cnc(-c2cc(Cl)ccc2F)nc1Nc1ccncc1C(=O)N[C@@H]1CCNC1. The first-order chi connectivity index (χ1) is 15.0. The predicted molar refractivity (Wildman–Crippen MR) is 115 cm³/mol. The van der Waals surface area contributed by atoms with Crippen LogP contribution in [0.25, 0.3) is 11.4 Å². The van der Waals surface area contributed by atoms with Gasteiger partial charge in [-0.3, -0.25) is 9.78 Å². The van der Waals surface area contributed by atoms with Gasteiger partial charge in [0.1, 0.15) is 5.82 Å². The first kappa shape index (κ1) is 21.0. The molecule has 3 aromatic rings. The molecule has 160 valence electrons. The van der Waals surface area contributed by atoms with Gasteiger partial charge in [0.15, 0.2) is 17.4 Å². The Labute approximate surface area is 183 Å². The standard InChI is InChI=1S/C21H20ClFN6O2/c1-31-18-11-26-19(14-8-12(22)2-3-16(14)23)29-20(18)28-17-5-7-25-10-15(17)21(30)27-13-4-6-24-9-13/h2-3,5,7-8,10-11,13,24H,4,6,9H2,1H3,(H,27,30)(H,25,26,28,29)/t13-/m1/s1. The molecule has 0 unspecified atom stereocenters. The molecule has 0 radical (unpaired) electrons. The third-order valence-electron chi connectivity index (χ3n) is 4.86. The number of aromatic nitrogens is 3. The van der Waals surface area contributed by atoms with Crippen LogP contribution in [0, 0.1) is 5.82 Å². The molecule has 31 heavy (non-hydrogen) atoms. The molecule has 3 heterocycles. The Morgan fingerprint density at radius 3 is 2.97 bits per heavy atom. The number of carbonyl (C=O) groups excluding carboxylic acids is 1. The predicted octanol–water partition coefficient (Wildman–Crippen LogP) is 3.18. The smallest absolute Gasteiger partial charge is 0.255 e. The second kappa shape index (κ2) is 9.23. The van der Waals surface area contributed by atoms with Crippen LogP contribution in [0.15, 0.2) is 42.9 Å². The Morgan fingerprint density at radius 2 is 2.19 bits per heavy atom. The molecular weight excluding hydrogens is 423 g/mol. The van der Waals surface area contributed by atoms with Gasteiger partial charge in [-0.15, -0.1) is 0 Å². The van der Waals surface area contributed by atoms with Crippen LogP contribution in [0.3, 0.4) is 0 Å². The molecular formula is C21H20ClFN6O2. The summed E-state index contributed by atoms with van der Waals surface area (Å²) in [4.78, 5) is 25.4. The van der Waals surface area contributed by atoms with Crippen molar-refractivity contribution >= 4 is 29.0 Å². The summed E-state index contributed by atoms with van der Waals surface area (Å²) in [7, 11) is 1.47. The quantitative estimate of drug-likeness (QED) is 0.539. The number of pyridine rings is 1. The minimum absolute atomic E-state index is 0.0616. The van der Waals surface area contributed by atoms with Crippen molar-refractivity contribution in [2.24, 2.45) is 0 Å². The van der Waals surface area contributed by atoms with E-state index in [9.17, 15) is 9.18 Å². The Morgan fingerprint density at radius 1 is 1.32 bits per heavy atom. The summed E-state index contributed by atoms with van der Waals surface area (Å²) < 4.78 is 19.6. The van der Waals surface area contributed by atoms with E-state index >= 15 is 0 Å². The fraction of sp³-hybridized carbons (Fsp3) is 0.238. The number of hydrogen-bond acceptors (Lipinski definition) is 7. The number of rotatable bonds is 6. The Bertz CT molecular complexity index is 1110. The summed E-state index contributed by atoms with van der Waals surface area (Å²) in [5.41, 5.74) is 0.984. The summed E-state index contributed by atoms with van der Waals surface area (Å²) in [5.74, 6) is -0.0301. The molecule has 1 aromatic carbocycles. The normalized spacial score (nSPS) is 15.5. The molecule has 0 aliphatic carbocycles. The average molecular weight is 443 g/mol. The molecule has 1 atom stereocenters. The number of nitrogens with one attached hydrogen (secondary N) is 3. The lowest BCUT2D eigenvalue weighted by Crippen LogP contribution is -2.36. The van der Waals surface area contributed by atoms with Gasteiger partial charge < -0.3 is 20.7 Å². The highest BCUT2D eigenvalue weighted by Crippen LogP contribution is 2.30.